The summed E-state index contributed by atoms with van der Waals surface area (Å²) in [6, 6.07) is 9.97. The molecule has 17 heavy (non-hydrogen) atoms. The van der Waals surface area contributed by atoms with Crippen LogP contribution in [0.2, 0.25) is 0 Å². The number of nitrogens with one attached hydrogen (secondary N) is 1. The van der Waals surface area contributed by atoms with E-state index in [0.717, 1.165) is 34.6 Å². The molecule has 1 N–H and O–H groups in total. The molecule has 0 fully saturated rings. The fourth-order valence-corrected chi connectivity index (χ4v) is 1.79. The number of anilines is 1. The molecule has 0 radical (unpaired) electrons. The lowest BCUT2D eigenvalue weighted by atomic mass is 10.2. The molecule has 88 valence electrons. The number of benzene rings is 1. The Hall–Kier alpha value is -1.42. The van der Waals surface area contributed by atoms with E-state index < -0.39 is 0 Å². The van der Waals surface area contributed by atoms with Gasteiger partial charge in [-0.3, -0.25) is 0 Å². The summed E-state index contributed by atoms with van der Waals surface area (Å²) in [5, 5.41) is 3.27. The SMILES string of the molecule is CCCNc1nc(-c2ccccc2)ncc1Br. The van der Waals surface area contributed by atoms with Crippen LogP contribution in [-0.4, -0.2) is 16.5 Å². The zero-order valence-corrected chi connectivity index (χ0v) is 11.2. The summed E-state index contributed by atoms with van der Waals surface area (Å²) in [6.07, 6.45) is 2.85. The zero-order valence-electron chi connectivity index (χ0n) is 9.65. The highest BCUT2D eigenvalue weighted by Gasteiger charge is 2.05. The van der Waals surface area contributed by atoms with E-state index >= 15 is 0 Å². The molecule has 0 amide bonds. The lowest BCUT2D eigenvalue weighted by Gasteiger charge is -2.07. The fraction of sp³-hybridized carbons (Fsp3) is 0.231. The molecule has 0 aliphatic heterocycles. The Kier molecular flexibility index (Phi) is 4.09. The largest absolute Gasteiger partial charge is 0.369 e. The smallest absolute Gasteiger partial charge is 0.161 e. The van der Waals surface area contributed by atoms with Gasteiger partial charge in [0.15, 0.2) is 5.82 Å². The zero-order chi connectivity index (χ0) is 12.1. The van der Waals surface area contributed by atoms with E-state index in [4.69, 9.17) is 0 Å². The highest BCUT2D eigenvalue weighted by Crippen LogP contribution is 2.22. The van der Waals surface area contributed by atoms with Crippen LogP contribution in [0.15, 0.2) is 41.0 Å². The van der Waals surface area contributed by atoms with Crippen molar-refractivity contribution in [2.75, 3.05) is 11.9 Å². The van der Waals surface area contributed by atoms with Gasteiger partial charge in [0.2, 0.25) is 0 Å². The van der Waals surface area contributed by atoms with Gasteiger partial charge in [0, 0.05) is 18.3 Å². The minimum atomic E-state index is 0.743. The lowest BCUT2D eigenvalue weighted by molar-refractivity contribution is 0.963. The third kappa shape index (κ3) is 3.03. The minimum absolute atomic E-state index is 0.743. The third-order valence-corrected chi connectivity index (χ3v) is 2.90. The lowest BCUT2D eigenvalue weighted by Crippen LogP contribution is -2.04. The van der Waals surface area contributed by atoms with Crippen molar-refractivity contribution in [3.8, 4) is 11.4 Å². The number of aromatic nitrogens is 2. The van der Waals surface area contributed by atoms with Gasteiger partial charge in [0.25, 0.3) is 0 Å². The van der Waals surface area contributed by atoms with E-state index in [1.165, 1.54) is 0 Å². The van der Waals surface area contributed by atoms with Crippen molar-refractivity contribution in [1.29, 1.82) is 0 Å². The molecule has 2 aromatic rings. The van der Waals surface area contributed by atoms with Crippen LogP contribution in [0.25, 0.3) is 11.4 Å². The molecule has 1 aromatic carbocycles. The van der Waals surface area contributed by atoms with E-state index in [1.807, 2.05) is 30.3 Å². The van der Waals surface area contributed by atoms with E-state index in [0.29, 0.717) is 0 Å². The summed E-state index contributed by atoms with van der Waals surface area (Å²) < 4.78 is 0.894. The maximum Gasteiger partial charge on any atom is 0.161 e. The second-order valence-corrected chi connectivity index (χ2v) is 4.54. The van der Waals surface area contributed by atoms with Crippen LogP contribution in [-0.2, 0) is 0 Å². The first-order valence-corrected chi connectivity index (χ1v) is 6.42. The van der Waals surface area contributed by atoms with Gasteiger partial charge in [-0.15, -0.1) is 0 Å². The molecule has 0 bridgehead atoms. The highest BCUT2D eigenvalue weighted by atomic mass is 79.9. The molecule has 1 aromatic heterocycles. The van der Waals surface area contributed by atoms with E-state index in [-0.39, 0.29) is 0 Å². The molecular weight excluding hydrogens is 278 g/mol. The Balaban J connectivity index is 2.31. The molecule has 0 unspecified atom stereocenters. The molecule has 0 saturated heterocycles. The van der Waals surface area contributed by atoms with Gasteiger partial charge in [0.1, 0.15) is 5.82 Å². The highest BCUT2D eigenvalue weighted by molar-refractivity contribution is 9.10. The summed E-state index contributed by atoms with van der Waals surface area (Å²) in [5.74, 6) is 1.59. The normalized spacial score (nSPS) is 10.2. The first kappa shape index (κ1) is 12.0. The molecule has 3 nitrogen and oxygen atoms in total. The van der Waals surface area contributed by atoms with Crippen LogP contribution in [0.1, 0.15) is 13.3 Å². The van der Waals surface area contributed by atoms with Gasteiger partial charge in [-0.2, -0.15) is 0 Å². The van der Waals surface area contributed by atoms with Gasteiger partial charge in [-0.25, -0.2) is 9.97 Å². The molecule has 0 atom stereocenters. The molecule has 1 heterocycles. The summed E-state index contributed by atoms with van der Waals surface area (Å²) in [4.78, 5) is 8.83. The Bertz CT molecular complexity index is 485. The summed E-state index contributed by atoms with van der Waals surface area (Å²) in [5.41, 5.74) is 1.03. The van der Waals surface area contributed by atoms with Crippen molar-refractivity contribution in [2.45, 2.75) is 13.3 Å². The molecule has 0 spiro atoms. The average Bonchev–Trinajstić information content (AvgIpc) is 2.39. The van der Waals surface area contributed by atoms with Crippen molar-refractivity contribution < 1.29 is 0 Å². The van der Waals surface area contributed by atoms with Crippen molar-refractivity contribution in [3.05, 3.63) is 41.0 Å². The van der Waals surface area contributed by atoms with Crippen LogP contribution >= 0.6 is 15.9 Å². The van der Waals surface area contributed by atoms with Crippen LogP contribution in [0.4, 0.5) is 5.82 Å². The van der Waals surface area contributed by atoms with Crippen LogP contribution in [0.5, 0.6) is 0 Å². The fourth-order valence-electron chi connectivity index (χ4n) is 1.46. The van der Waals surface area contributed by atoms with Gasteiger partial charge < -0.3 is 5.32 Å². The molecule has 0 saturated carbocycles. The first-order chi connectivity index (χ1) is 8.31. The minimum Gasteiger partial charge on any atom is -0.369 e. The summed E-state index contributed by atoms with van der Waals surface area (Å²) >= 11 is 3.45. The Morgan fingerprint density at radius 3 is 2.71 bits per heavy atom. The summed E-state index contributed by atoms with van der Waals surface area (Å²) in [7, 11) is 0. The van der Waals surface area contributed by atoms with Crippen molar-refractivity contribution in [3.63, 3.8) is 0 Å². The van der Waals surface area contributed by atoms with Crippen LogP contribution in [0.3, 0.4) is 0 Å². The van der Waals surface area contributed by atoms with E-state index in [9.17, 15) is 0 Å². The molecule has 4 heteroatoms. The van der Waals surface area contributed by atoms with E-state index in [1.54, 1.807) is 6.20 Å². The van der Waals surface area contributed by atoms with Crippen molar-refractivity contribution in [1.82, 2.24) is 9.97 Å². The molecule has 2 rings (SSSR count). The van der Waals surface area contributed by atoms with Gasteiger partial charge in [0.05, 0.1) is 4.47 Å². The maximum atomic E-state index is 4.51. The maximum absolute atomic E-state index is 4.51. The Morgan fingerprint density at radius 1 is 1.24 bits per heavy atom. The van der Waals surface area contributed by atoms with Gasteiger partial charge in [-0.05, 0) is 22.4 Å². The second-order valence-electron chi connectivity index (χ2n) is 3.68. The average molecular weight is 292 g/mol. The monoisotopic (exact) mass is 291 g/mol. The number of hydrogen-bond acceptors (Lipinski definition) is 3. The van der Waals surface area contributed by atoms with Crippen molar-refractivity contribution >= 4 is 21.7 Å². The number of rotatable bonds is 4. The Labute approximate surface area is 109 Å². The molecular formula is C13H14BrN3. The quantitative estimate of drug-likeness (QED) is 0.933. The van der Waals surface area contributed by atoms with Crippen molar-refractivity contribution in [2.24, 2.45) is 0 Å². The predicted molar refractivity (Wildman–Crippen MR) is 73.9 cm³/mol. The molecule has 0 aliphatic rings. The summed E-state index contributed by atoms with van der Waals surface area (Å²) in [6.45, 7) is 3.03. The van der Waals surface area contributed by atoms with Gasteiger partial charge in [-0.1, -0.05) is 37.3 Å². The number of nitrogens with zero attached hydrogens (tertiary/aromatic N) is 2. The molecule has 0 aliphatic carbocycles. The predicted octanol–water partition coefficient (Wildman–Crippen LogP) is 3.73. The third-order valence-electron chi connectivity index (χ3n) is 2.32. The Morgan fingerprint density at radius 2 is 2.00 bits per heavy atom. The number of halogens is 1. The van der Waals surface area contributed by atoms with E-state index in [2.05, 4.69) is 38.1 Å². The van der Waals surface area contributed by atoms with Gasteiger partial charge >= 0.3 is 0 Å². The van der Waals surface area contributed by atoms with Crippen LogP contribution < -0.4 is 5.32 Å². The topological polar surface area (TPSA) is 37.8 Å². The van der Waals surface area contributed by atoms with Crippen LogP contribution in [0, 0.1) is 0 Å². The standard InChI is InChI=1S/C13H14BrN3/c1-2-8-15-13-11(14)9-16-12(17-13)10-6-4-3-5-7-10/h3-7,9H,2,8H2,1H3,(H,15,16,17). The first-order valence-electron chi connectivity index (χ1n) is 5.63. The second kappa shape index (κ2) is 5.77. The number of hydrogen-bond donors (Lipinski definition) is 1.